The Hall–Kier alpha value is -6.04. The summed E-state index contributed by atoms with van der Waals surface area (Å²) in [5.74, 6) is 3.01. The molecule has 58 heavy (non-hydrogen) atoms. The molecule has 2 fully saturated rings. The number of hydrogen-bond acceptors (Lipinski definition) is 10. The fourth-order valence-electron chi connectivity index (χ4n) is 8.38. The molecule has 0 aromatic heterocycles. The quantitative estimate of drug-likeness (QED) is 0.143. The smallest absolute Gasteiger partial charge is 0.256 e. The summed E-state index contributed by atoms with van der Waals surface area (Å²) in [4.78, 5) is 41.1. The third-order valence-electron chi connectivity index (χ3n) is 11.3. The number of anilines is 1. The van der Waals surface area contributed by atoms with E-state index in [0.29, 0.717) is 78.2 Å². The van der Waals surface area contributed by atoms with Gasteiger partial charge in [0.2, 0.25) is 0 Å². The number of ether oxygens (including phenoxy) is 5. The zero-order chi connectivity index (χ0) is 40.6. The number of fused-ring (bicyclic) bond motifs is 4. The predicted octanol–water partition coefficient (Wildman–Crippen LogP) is 8.20. The molecule has 0 saturated carbocycles. The number of hydrogen-bond donors (Lipinski definition) is 1. The Balaban J connectivity index is 0.879. The lowest BCUT2D eigenvalue weighted by Crippen LogP contribution is -2.35. The summed E-state index contributed by atoms with van der Waals surface area (Å²) < 4.78 is 29.0. The Kier molecular flexibility index (Phi) is 10.8. The van der Waals surface area contributed by atoms with Gasteiger partial charge >= 0.3 is 0 Å². The van der Waals surface area contributed by atoms with Crippen LogP contribution in [0.3, 0.4) is 0 Å². The Morgan fingerprint density at radius 2 is 1.10 bits per heavy atom. The maximum atomic E-state index is 13.9. The summed E-state index contributed by atoms with van der Waals surface area (Å²) in [6.07, 6.45) is 5.89. The van der Waals surface area contributed by atoms with Crippen LogP contribution in [-0.2, 0) is 0 Å². The van der Waals surface area contributed by atoms with E-state index >= 15 is 0 Å². The zero-order valence-electron chi connectivity index (χ0n) is 34.0. The van der Waals surface area contributed by atoms with E-state index in [4.69, 9.17) is 33.7 Å². The molecule has 0 bridgehead atoms. The molecule has 4 atom stereocenters. The van der Waals surface area contributed by atoms with E-state index in [0.717, 1.165) is 24.3 Å². The lowest BCUT2D eigenvalue weighted by Gasteiger charge is -2.23. The minimum Gasteiger partial charge on any atom is -0.497 e. The van der Waals surface area contributed by atoms with Crippen LogP contribution < -0.4 is 29.0 Å². The van der Waals surface area contributed by atoms with Gasteiger partial charge in [0.1, 0.15) is 5.75 Å². The van der Waals surface area contributed by atoms with Gasteiger partial charge in [0.05, 0.1) is 69.1 Å². The summed E-state index contributed by atoms with van der Waals surface area (Å²) >= 11 is 0. The number of aliphatic imine (C=N–C) groups is 2. The van der Waals surface area contributed by atoms with Crippen molar-refractivity contribution in [2.75, 3.05) is 52.9 Å². The van der Waals surface area contributed by atoms with Gasteiger partial charge in [-0.05, 0) is 81.1 Å². The van der Waals surface area contributed by atoms with Crippen molar-refractivity contribution < 1.29 is 33.3 Å². The Bertz CT molecular complexity index is 2230. The van der Waals surface area contributed by atoms with Crippen molar-refractivity contribution in [3.63, 3.8) is 0 Å². The molecular weight excluding hydrogens is 735 g/mol. The summed E-state index contributed by atoms with van der Waals surface area (Å²) in [6, 6.07) is 23.4. The lowest BCUT2D eigenvalue weighted by molar-refractivity contribution is 0.0765. The van der Waals surface area contributed by atoms with Gasteiger partial charge in [0, 0.05) is 67.1 Å². The van der Waals surface area contributed by atoms with Crippen molar-refractivity contribution in [3.05, 3.63) is 95.1 Å². The van der Waals surface area contributed by atoms with Crippen molar-refractivity contribution in [2.24, 2.45) is 9.98 Å². The van der Waals surface area contributed by atoms with E-state index in [1.54, 1.807) is 45.6 Å². The Morgan fingerprint density at radius 1 is 0.638 bits per heavy atom. The molecule has 4 aliphatic rings. The number of nitrogens with zero attached hydrogens (tertiary/aromatic N) is 4. The first-order valence-corrected chi connectivity index (χ1v) is 19.9. The molecule has 0 spiro atoms. The zero-order valence-corrected chi connectivity index (χ0v) is 34.0. The van der Waals surface area contributed by atoms with Crippen LogP contribution >= 0.6 is 0 Å². The Labute approximate surface area is 339 Å². The topological polar surface area (TPSA) is 124 Å². The van der Waals surface area contributed by atoms with Crippen LogP contribution in [0.15, 0.2) is 82.8 Å². The SMILES string of the molecule is COc1ccc(C2C[C@H]3C=Nc4cc(OCCCOc5cc6c(cc5OC)C(=O)N5CC(c7ccc(NC(C)(C)C)cc7)C[C@H]5C=N6)c(OC)cc4C(=O)N3C2)cc1. The van der Waals surface area contributed by atoms with Gasteiger partial charge in [-0.15, -0.1) is 0 Å². The number of amides is 2. The van der Waals surface area contributed by atoms with E-state index in [9.17, 15) is 9.59 Å². The van der Waals surface area contributed by atoms with E-state index in [-0.39, 0.29) is 41.3 Å². The average Bonchev–Trinajstić information content (AvgIpc) is 3.80. The van der Waals surface area contributed by atoms with Crippen LogP contribution in [0.2, 0.25) is 0 Å². The molecule has 0 radical (unpaired) electrons. The van der Waals surface area contributed by atoms with Crippen molar-refractivity contribution in [1.82, 2.24) is 9.80 Å². The first kappa shape index (κ1) is 38.8. The maximum absolute atomic E-state index is 13.9. The second kappa shape index (κ2) is 16.1. The number of methoxy groups -OCH3 is 3. The number of nitrogens with one attached hydrogen (secondary N) is 1. The molecule has 12 heteroatoms. The molecule has 2 amide bonds. The van der Waals surface area contributed by atoms with E-state index in [1.165, 1.54) is 11.1 Å². The molecular formula is C46H51N5O7. The fraction of sp³-hybridized carbons (Fsp3) is 0.391. The highest BCUT2D eigenvalue weighted by molar-refractivity contribution is 6.04. The van der Waals surface area contributed by atoms with Crippen LogP contribution in [0, 0.1) is 0 Å². The average molecular weight is 786 g/mol. The third-order valence-corrected chi connectivity index (χ3v) is 11.3. The van der Waals surface area contributed by atoms with Crippen molar-refractivity contribution in [1.29, 1.82) is 0 Å². The van der Waals surface area contributed by atoms with E-state index in [2.05, 4.69) is 62.5 Å². The first-order valence-electron chi connectivity index (χ1n) is 19.9. The maximum Gasteiger partial charge on any atom is 0.256 e. The molecule has 4 aliphatic heterocycles. The van der Waals surface area contributed by atoms with Gasteiger partial charge < -0.3 is 38.8 Å². The molecule has 2 unspecified atom stereocenters. The number of benzene rings is 4. The van der Waals surface area contributed by atoms with Crippen LogP contribution in [0.4, 0.5) is 17.1 Å². The van der Waals surface area contributed by atoms with Crippen LogP contribution in [0.5, 0.6) is 28.7 Å². The van der Waals surface area contributed by atoms with Crippen LogP contribution in [0.1, 0.15) is 83.7 Å². The second-order valence-corrected chi connectivity index (χ2v) is 16.3. The van der Waals surface area contributed by atoms with Crippen molar-refractivity contribution in [2.45, 2.75) is 69.5 Å². The van der Waals surface area contributed by atoms with Crippen molar-refractivity contribution >= 4 is 41.3 Å². The van der Waals surface area contributed by atoms with Gasteiger partial charge in [0.25, 0.3) is 11.8 Å². The highest BCUT2D eigenvalue weighted by atomic mass is 16.5. The monoisotopic (exact) mass is 785 g/mol. The highest BCUT2D eigenvalue weighted by Gasteiger charge is 2.39. The summed E-state index contributed by atoms with van der Waals surface area (Å²) in [6.45, 7) is 8.28. The molecule has 1 N–H and O–H groups in total. The molecule has 4 aromatic carbocycles. The molecule has 302 valence electrons. The standard InChI is InChI=1S/C46H51N5O7/c1-46(2,3)49-32-12-8-28(9-13-32)30-18-33-24-47-38-22-42(40(55-5)20-36(38)44(52)50(33)26-30)57-16-7-17-58-43-23-39-37(21-41(43)56-6)45(53)51-27-31(19-34(51)25-48-39)29-10-14-35(54-4)15-11-29/h8-15,20-25,30-31,33-34,49H,7,16-19,26-27H2,1-6H3/t30?,31?,33-,34-/m0/s1. The number of carbonyl (C=O) groups is 2. The molecule has 4 heterocycles. The van der Waals surface area contributed by atoms with Gasteiger partial charge in [-0.2, -0.15) is 0 Å². The molecule has 8 rings (SSSR count). The number of carbonyl (C=O) groups excluding carboxylic acids is 2. The second-order valence-electron chi connectivity index (χ2n) is 16.3. The van der Waals surface area contributed by atoms with Crippen molar-refractivity contribution in [3.8, 4) is 28.7 Å². The molecule has 2 saturated heterocycles. The normalized spacial score (nSPS) is 20.7. The minimum absolute atomic E-state index is 0.0213. The van der Waals surface area contributed by atoms with Gasteiger partial charge in [-0.1, -0.05) is 24.3 Å². The highest BCUT2D eigenvalue weighted by Crippen LogP contribution is 2.42. The largest absolute Gasteiger partial charge is 0.497 e. The Morgan fingerprint density at radius 3 is 1.53 bits per heavy atom. The van der Waals surface area contributed by atoms with E-state index in [1.807, 2.05) is 34.4 Å². The van der Waals surface area contributed by atoms with Gasteiger partial charge in [-0.3, -0.25) is 19.6 Å². The minimum atomic E-state index is -0.108. The van der Waals surface area contributed by atoms with Crippen LogP contribution in [0.25, 0.3) is 0 Å². The van der Waals surface area contributed by atoms with E-state index < -0.39 is 0 Å². The summed E-state index contributed by atoms with van der Waals surface area (Å²) in [5, 5.41) is 3.51. The number of rotatable bonds is 12. The summed E-state index contributed by atoms with van der Waals surface area (Å²) in [5.41, 5.74) is 5.52. The molecule has 4 aromatic rings. The van der Waals surface area contributed by atoms with Gasteiger partial charge in [0.15, 0.2) is 23.0 Å². The predicted molar refractivity (Wildman–Crippen MR) is 225 cm³/mol. The van der Waals surface area contributed by atoms with Gasteiger partial charge in [-0.25, -0.2) is 0 Å². The van der Waals surface area contributed by atoms with Crippen LogP contribution in [-0.4, -0.2) is 99.3 Å². The summed E-state index contributed by atoms with van der Waals surface area (Å²) in [7, 11) is 4.78. The molecule has 0 aliphatic carbocycles. The lowest BCUT2D eigenvalue weighted by atomic mass is 9.96. The first-order chi connectivity index (χ1) is 28.0. The molecule has 12 nitrogen and oxygen atoms in total. The third kappa shape index (κ3) is 7.92. The fourth-order valence-corrected chi connectivity index (χ4v) is 8.38.